The minimum absolute atomic E-state index is 0.0127. The van der Waals surface area contributed by atoms with Crippen molar-refractivity contribution in [2.24, 2.45) is 0 Å². The van der Waals surface area contributed by atoms with E-state index in [1.165, 1.54) is 11.1 Å². The van der Waals surface area contributed by atoms with Gasteiger partial charge in [0, 0.05) is 38.3 Å². The SMILES string of the molecule is Cc1ccc(NC(=O)CN2CCN(C(=O)C[C@H](C)c3ccccc3)CC2)cc1. The standard InChI is InChI=1S/C23H29N3O2/c1-18-8-10-21(11-9-18)24-22(27)17-25-12-14-26(15-13-25)23(28)16-19(2)20-6-4-3-5-7-20/h3-11,19H,12-17H2,1-2H3,(H,24,27)/t19-/m0/s1. The summed E-state index contributed by atoms with van der Waals surface area (Å²) in [6.07, 6.45) is 0.526. The fourth-order valence-electron chi connectivity index (χ4n) is 3.49. The van der Waals surface area contributed by atoms with Crippen LogP contribution in [0.25, 0.3) is 0 Å². The maximum atomic E-state index is 12.6. The molecule has 1 aliphatic rings. The largest absolute Gasteiger partial charge is 0.340 e. The van der Waals surface area contributed by atoms with Gasteiger partial charge in [0.15, 0.2) is 0 Å². The molecule has 1 saturated heterocycles. The zero-order valence-electron chi connectivity index (χ0n) is 16.7. The Hall–Kier alpha value is -2.66. The van der Waals surface area contributed by atoms with Gasteiger partial charge in [0.1, 0.15) is 0 Å². The van der Waals surface area contributed by atoms with Crippen LogP contribution in [0.15, 0.2) is 54.6 Å². The Morgan fingerprint density at radius 2 is 1.61 bits per heavy atom. The lowest BCUT2D eigenvalue weighted by Crippen LogP contribution is -2.50. The monoisotopic (exact) mass is 379 g/mol. The van der Waals surface area contributed by atoms with Gasteiger partial charge >= 0.3 is 0 Å². The van der Waals surface area contributed by atoms with Crippen LogP contribution in [-0.2, 0) is 9.59 Å². The maximum absolute atomic E-state index is 12.6. The number of aryl methyl sites for hydroxylation is 1. The molecule has 0 spiro atoms. The average Bonchev–Trinajstić information content (AvgIpc) is 2.71. The third-order valence-electron chi connectivity index (χ3n) is 5.28. The zero-order chi connectivity index (χ0) is 19.9. The molecule has 1 N–H and O–H groups in total. The highest BCUT2D eigenvalue weighted by Crippen LogP contribution is 2.20. The van der Waals surface area contributed by atoms with Crippen molar-refractivity contribution in [2.75, 3.05) is 38.0 Å². The molecular formula is C23H29N3O2. The molecule has 5 heteroatoms. The van der Waals surface area contributed by atoms with Crippen molar-refractivity contribution in [2.45, 2.75) is 26.2 Å². The molecule has 0 unspecified atom stereocenters. The van der Waals surface area contributed by atoms with Crippen molar-refractivity contribution in [1.29, 1.82) is 0 Å². The van der Waals surface area contributed by atoms with E-state index in [1.54, 1.807) is 0 Å². The Morgan fingerprint density at radius 3 is 2.25 bits per heavy atom. The van der Waals surface area contributed by atoms with Gasteiger partial charge in [-0.05, 0) is 30.5 Å². The maximum Gasteiger partial charge on any atom is 0.238 e. The number of amides is 2. The van der Waals surface area contributed by atoms with Gasteiger partial charge in [0.2, 0.25) is 11.8 Å². The number of piperazine rings is 1. The van der Waals surface area contributed by atoms with Crippen LogP contribution in [0.5, 0.6) is 0 Å². The van der Waals surface area contributed by atoms with E-state index in [-0.39, 0.29) is 17.7 Å². The first kappa shape index (κ1) is 20.1. The van der Waals surface area contributed by atoms with E-state index in [4.69, 9.17) is 0 Å². The summed E-state index contributed by atoms with van der Waals surface area (Å²) in [5.74, 6) is 0.397. The molecule has 2 aromatic carbocycles. The quantitative estimate of drug-likeness (QED) is 0.838. The third-order valence-corrected chi connectivity index (χ3v) is 5.28. The molecule has 0 bridgehead atoms. The zero-order valence-corrected chi connectivity index (χ0v) is 16.7. The van der Waals surface area contributed by atoms with Gasteiger partial charge in [-0.2, -0.15) is 0 Å². The van der Waals surface area contributed by atoms with E-state index < -0.39 is 0 Å². The van der Waals surface area contributed by atoms with Gasteiger partial charge in [-0.3, -0.25) is 14.5 Å². The smallest absolute Gasteiger partial charge is 0.238 e. The molecule has 0 saturated carbocycles. The highest BCUT2D eigenvalue weighted by molar-refractivity contribution is 5.92. The van der Waals surface area contributed by atoms with Gasteiger partial charge in [0.25, 0.3) is 0 Å². The highest BCUT2D eigenvalue weighted by atomic mass is 16.2. The number of hydrogen-bond acceptors (Lipinski definition) is 3. The lowest BCUT2D eigenvalue weighted by Gasteiger charge is -2.34. The van der Waals surface area contributed by atoms with Crippen LogP contribution in [0.2, 0.25) is 0 Å². The van der Waals surface area contributed by atoms with E-state index in [9.17, 15) is 9.59 Å². The summed E-state index contributed by atoms with van der Waals surface area (Å²) in [5, 5.41) is 2.93. The van der Waals surface area contributed by atoms with Gasteiger partial charge in [-0.15, -0.1) is 0 Å². The lowest BCUT2D eigenvalue weighted by molar-refractivity contribution is -0.133. The van der Waals surface area contributed by atoms with Crippen LogP contribution >= 0.6 is 0 Å². The van der Waals surface area contributed by atoms with Gasteiger partial charge in [-0.25, -0.2) is 0 Å². The number of nitrogens with zero attached hydrogens (tertiary/aromatic N) is 2. The van der Waals surface area contributed by atoms with Gasteiger partial charge in [-0.1, -0.05) is 55.0 Å². The van der Waals surface area contributed by atoms with Crippen LogP contribution in [0.1, 0.15) is 30.4 Å². The fourth-order valence-corrected chi connectivity index (χ4v) is 3.49. The van der Waals surface area contributed by atoms with Crippen molar-refractivity contribution < 1.29 is 9.59 Å². The van der Waals surface area contributed by atoms with Crippen molar-refractivity contribution >= 4 is 17.5 Å². The fraction of sp³-hybridized carbons (Fsp3) is 0.391. The number of nitrogens with one attached hydrogen (secondary N) is 1. The first-order valence-corrected chi connectivity index (χ1v) is 9.93. The van der Waals surface area contributed by atoms with Crippen molar-refractivity contribution in [3.63, 3.8) is 0 Å². The number of hydrogen-bond donors (Lipinski definition) is 1. The summed E-state index contributed by atoms with van der Waals surface area (Å²) in [7, 11) is 0. The molecule has 1 fully saturated rings. The second-order valence-electron chi connectivity index (χ2n) is 7.59. The number of carbonyl (C=O) groups excluding carboxylic acids is 2. The summed E-state index contributed by atoms with van der Waals surface area (Å²) in [4.78, 5) is 28.9. The predicted molar refractivity (Wildman–Crippen MR) is 112 cm³/mol. The summed E-state index contributed by atoms with van der Waals surface area (Å²) in [6, 6.07) is 18.0. The molecule has 3 rings (SSSR count). The average molecular weight is 380 g/mol. The second-order valence-corrected chi connectivity index (χ2v) is 7.59. The molecule has 2 amide bonds. The number of benzene rings is 2. The molecule has 148 valence electrons. The van der Waals surface area contributed by atoms with E-state index >= 15 is 0 Å². The first-order chi connectivity index (χ1) is 13.5. The molecule has 28 heavy (non-hydrogen) atoms. The topological polar surface area (TPSA) is 52.7 Å². The summed E-state index contributed by atoms with van der Waals surface area (Å²) in [6.45, 7) is 7.29. The second kappa shape index (κ2) is 9.51. The highest BCUT2D eigenvalue weighted by Gasteiger charge is 2.23. The molecule has 0 radical (unpaired) electrons. The Bertz CT molecular complexity index is 781. The van der Waals surface area contributed by atoms with E-state index in [0.29, 0.717) is 26.1 Å². The summed E-state index contributed by atoms with van der Waals surface area (Å²) < 4.78 is 0. The lowest BCUT2D eigenvalue weighted by atomic mass is 9.97. The van der Waals surface area contributed by atoms with E-state index in [0.717, 1.165) is 18.8 Å². The number of rotatable bonds is 6. The van der Waals surface area contributed by atoms with Crippen molar-refractivity contribution in [1.82, 2.24) is 9.80 Å². The molecule has 1 heterocycles. The molecule has 2 aromatic rings. The molecule has 5 nitrogen and oxygen atoms in total. The molecule has 0 aliphatic carbocycles. The van der Waals surface area contributed by atoms with E-state index in [2.05, 4.69) is 29.3 Å². The van der Waals surface area contributed by atoms with Crippen LogP contribution in [-0.4, -0.2) is 54.3 Å². The Balaban J connectivity index is 1.41. The molecule has 1 atom stereocenters. The van der Waals surface area contributed by atoms with Crippen LogP contribution in [0.4, 0.5) is 5.69 Å². The Morgan fingerprint density at radius 1 is 0.964 bits per heavy atom. The minimum atomic E-state index is -0.0127. The third kappa shape index (κ3) is 5.67. The molecule has 1 aliphatic heterocycles. The normalized spacial score (nSPS) is 15.9. The summed E-state index contributed by atoms with van der Waals surface area (Å²) >= 11 is 0. The van der Waals surface area contributed by atoms with Crippen molar-refractivity contribution in [3.05, 3.63) is 65.7 Å². The molecular weight excluding hydrogens is 350 g/mol. The van der Waals surface area contributed by atoms with Gasteiger partial charge in [0.05, 0.1) is 6.54 Å². The van der Waals surface area contributed by atoms with Gasteiger partial charge < -0.3 is 10.2 Å². The Labute approximate surface area is 167 Å². The predicted octanol–water partition coefficient (Wildman–Crippen LogP) is 3.27. The van der Waals surface area contributed by atoms with Crippen LogP contribution in [0.3, 0.4) is 0 Å². The first-order valence-electron chi connectivity index (χ1n) is 9.93. The van der Waals surface area contributed by atoms with Crippen molar-refractivity contribution in [3.8, 4) is 0 Å². The Kier molecular flexibility index (Phi) is 6.82. The van der Waals surface area contributed by atoms with Crippen LogP contribution in [0, 0.1) is 6.92 Å². The number of anilines is 1. The number of carbonyl (C=O) groups is 2. The van der Waals surface area contributed by atoms with E-state index in [1.807, 2.05) is 54.3 Å². The minimum Gasteiger partial charge on any atom is -0.340 e. The summed E-state index contributed by atoms with van der Waals surface area (Å²) in [5.41, 5.74) is 3.18. The van der Waals surface area contributed by atoms with Crippen LogP contribution < -0.4 is 5.32 Å². The molecule has 0 aromatic heterocycles.